The number of aliphatic hydroxyl groups excluding tert-OH is 1. The van der Waals surface area contributed by atoms with E-state index in [1.165, 1.54) is 5.69 Å². The molecule has 6 nitrogen and oxygen atoms in total. The Morgan fingerprint density at radius 1 is 1.04 bits per heavy atom. The van der Waals surface area contributed by atoms with E-state index in [1.807, 2.05) is 6.07 Å². The van der Waals surface area contributed by atoms with E-state index in [0.29, 0.717) is 17.7 Å². The van der Waals surface area contributed by atoms with Crippen LogP contribution in [0.5, 0.6) is 5.75 Å². The van der Waals surface area contributed by atoms with E-state index in [2.05, 4.69) is 34.1 Å². The summed E-state index contributed by atoms with van der Waals surface area (Å²) in [6.07, 6.45) is 0.159. The molecule has 1 fully saturated rings. The van der Waals surface area contributed by atoms with Crippen LogP contribution in [0.4, 0.5) is 5.69 Å². The Hall–Kier alpha value is -2.41. The Morgan fingerprint density at radius 3 is 2.36 bits per heavy atom. The Labute approximate surface area is 166 Å². The van der Waals surface area contributed by atoms with Crippen LogP contribution in [-0.2, 0) is 0 Å². The molecule has 6 heteroatoms. The van der Waals surface area contributed by atoms with E-state index in [1.54, 1.807) is 24.3 Å². The summed E-state index contributed by atoms with van der Waals surface area (Å²) in [5, 5.41) is 10.2. The zero-order chi connectivity index (χ0) is 19.8. The molecule has 28 heavy (non-hydrogen) atoms. The number of rotatable bonds is 9. The Kier molecular flexibility index (Phi) is 7.42. The van der Waals surface area contributed by atoms with Crippen LogP contribution < -0.4 is 15.4 Å². The number of anilines is 1. The molecule has 0 aromatic heterocycles. The molecule has 2 aromatic carbocycles. The lowest BCUT2D eigenvalue weighted by atomic mass is 10.1. The van der Waals surface area contributed by atoms with Crippen LogP contribution in [0.1, 0.15) is 16.8 Å². The molecule has 3 N–H and O–H groups in total. The largest absolute Gasteiger partial charge is 0.491 e. The van der Waals surface area contributed by atoms with Gasteiger partial charge in [-0.15, -0.1) is 0 Å². The molecule has 1 aliphatic rings. The lowest BCUT2D eigenvalue weighted by Gasteiger charge is -2.36. The van der Waals surface area contributed by atoms with Crippen molar-refractivity contribution < 1.29 is 14.6 Å². The van der Waals surface area contributed by atoms with Crippen molar-refractivity contribution in [3.05, 3.63) is 60.2 Å². The second kappa shape index (κ2) is 10.2. The van der Waals surface area contributed by atoms with Gasteiger partial charge in [0, 0.05) is 44.0 Å². The lowest BCUT2D eigenvalue weighted by Crippen LogP contribution is -2.47. The Bertz CT molecular complexity index is 728. The number of hydrogen-bond donors (Lipinski definition) is 2. The number of benzene rings is 2. The number of hydrogen-bond acceptors (Lipinski definition) is 6. The molecule has 3 rings (SSSR count). The molecule has 1 saturated heterocycles. The number of nitrogens with two attached hydrogens (primary N) is 1. The topological polar surface area (TPSA) is 79.0 Å². The van der Waals surface area contributed by atoms with Gasteiger partial charge < -0.3 is 20.5 Å². The zero-order valence-electron chi connectivity index (χ0n) is 16.2. The van der Waals surface area contributed by atoms with E-state index in [0.717, 1.165) is 32.7 Å². The summed E-state index contributed by atoms with van der Waals surface area (Å²) < 4.78 is 5.63. The average Bonchev–Trinajstić information content (AvgIpc) is 2.77. The summed E-state index contributed by atoms with van der Waals surface area (Å²) in [7, 11) is 0. The van der Waals surface area contributed by atoms with Crippen molar-refractivity contribution in [2.24, 2.45) is 5.73 Å². The molecule has 150 valence electrons. The number of nitrogens with zero attached hydrogens (tertiary/aromatic N) is 2. The first kappa shape index (κ1) is 20.3. The molecule has 1 aliphatic heterocycles. The van der Waals surface area contributed by atoms with Crippen LogP contribution in [0, 0.1) is 0 Å². The van der Waals surface area contributed by atoms with Gasteiger partial charge in [0.05, 0.1) is 12.6 Å². The van der Waals surface area contributed by atoms with Crippen LogP contribution in [0.3, 0.4) is 0 Å². The first-order valence-electron chi connectivity index (χ1n) is 9.82. The molecular weight excluding hydrogens is 354 g/mol. The van der Waals surface area contributed by atoms with E-state index in [-0.39, 0.29) is 18.9 Å². The zero-order valence-corrected chi connectivity index (χ0v) is 16.2. The van der Waals surface area contributed by atoms with Crippen molar-refractivity contribution in [3.8, 4) is 5.75 Å². The van der Waals surface area contributed by atoms with Crippen LogP contribution in [-0.4, -0.2) is 67.8 Å². The van der Waals surface area contributed by atoms with Crippen molar-refractivity contribution in [2.45, 2.75) is 12.5 Å². The number of para-hydroxylation sites is 1. The molecule has 2 aromatic rings. The van der Waals surface area contributed by atoms with Crippen molar-refractivity contribution in [1.82, 2.24) is 4.90 Å². The normalized spacial score (nSPS) is 16.0. The van der Waals surface area contributed by atoms with Gasteiger partial charge in [-0.25, -0.2) is 0 Å². The van der Waals surface area contributed by atoms with Gasteiger partial charge in [0.2, 0.25) is 0 Å². The van der Waals surface area contributed by atoms with Gasteiger partial charge >= 0.3 is 0 Å². The molecule has 0 saturated carbocycles. The maximum atomic E-state index is 11.5. The number of ether oxygens (including phenoxy) is 1. The van der Waals surface area contributed by atoms with Crippen LogP contribution in [0.2, 0.25) is 0 Å². The van der Waals surface area contributed by atoms with Gasteiger partial charge in [0.25, 0.3) is 0 Å². The number of carbonyl (C=O) groups excluding carboxylic acids is 1. The van der Waals surface area contributed by atoms with Crippen molar-refractivity contribution in [1.29, 1.82) is 0 Å². The van der Waals surface area contributed by atoms with E-state index in [4.69, 9.17) is 10.5 Å². The Morgan fingerprint density at radius 2 is 1.71 bits per heavy atom. The number of piperazine rings is 1. The maximum Gasteiger partial charge on any atom is 0.176 e. The summed E-state index contributed by atoms with van der Waals surface area (Å²) in [6, 6.07) is 17.3. The summed E-state index contributed by atoms with van der Waals surface area (Å²) in [6.45, 7) is 5.11. The molecule has 1 atom stereocenters. The maximum absolute atomic E-state index is 11.5. The number of ketones is 1. The predicted octanol–water partition coefficient (Wildman–Crippen LogP) is 1.78. The smallest absolute Gasteiger partial charge is 0.176 e. The SMILES string of the molecule is NCC(=O)c1ccc(OCC(O)CCN2CCN(c3ccccc3)CC2)cc1. The fourth-order valence-corrected chi connectivity index (χ4v) is 3.33. The minimum atomic E-state index is -0.516. The highest BCUT2D eigenvalue weighted by Gasteiger charge is 2.18. The van der Waals surface area contributed by atoms with Crippen LogP contribution in [0.25, 0.3) is 0 Å². The van der Waals surface area contributed by atoms with Gasteiger partial charge in [-0.3, -0.25) is 9.69 Å². The van der Waals surface area contributed by atoms with E-state index < -0.39 is 6.10 Å². The molecule has 1 heterocycles. The number of carbonyl (C=O) groups is 1. The summed E-state index contributed by atoms with van der Waals surface area (Å²) >= 11 is 0. The van der Waals surface area contributed by atoms with Crippen molar-refractivity contribution in [3.63, 3.8) is 0 Å². The highest BCUT2D eigenvalue weighted by Crippen LogP contribution is 2.16. The quantitative estimate of drug-likeness (QED) is 0.643. The summed E-state index contributed by atoms with van der Waals surface area (Å²) in [5.41, 5.74) is 7.20. The molecule has 0 radical (unpaired) electrons. The van der Waals surface area contributed by atoms with Crippen molar-refractivity contribution >= 4 is 11.5 Å². The predicted molar refractivity (Wildman–Crippen MR) is 111 cm³/mol. The first-order chi connectivity index (χ1) is 13.7. The second-order valence-corrected chi connectivity index (χ2v) is 7.07. The molecule has 0 aliphatic carbocycles. The van der Waals surface area contributed by atoms with Gasteiger partial charge in [-0.05, 0) is 42.8 Å². The minimum Gasteiger partial charge on any atom is -0.491 e. The summed E-state index contributed by atoms with van der Waals surface area (Å²) in [4.78, 5) is 16.3. The van der Waals surface area contributed by atoms with E-state index >= 15 is 0 Å². The van der Waals surface area contributed by atoms with Crippen LogP contribution in [0.15, 0.2) is 54.6 Å². The first-order valence-corrected chi connectivity index (χ1v) is 9.82. The third kappa shape index (κ3) is 5.79. The molecule has 1 unspecified atom stereocenters. The lowest BCUT2D eigenvalue weighted by molar-refractivity contribution is 0.0865. The highest BCUT2D eigenvalue weighted by molar-refractivity contribution is 5.97. The average molecular weight is 383 g/mol. The minimum absolute atomic E-state index is 0.00146. The molecule has 0 bridgehead atoms. The summed E-state index contributed by atoms with van der Waals surface area (Å²) in [5.74, 6) is 0.544. The third-order valence-corrected chi connectivity index (χ3v) is 5.08. The van der Waals surface area contributed by atoms with Crippen LogP contribution >= 0.6 is 0 Å². The second-order valence-electron chi connectivity index (χ2n) is 7.07. The highest BCUT2D eigenvalue weighted by atomic mass is 16.5. The number of Topliss-reactive ketones (excluding diaryl/α,β-unsaturated/α-hetero) is 1. The fourth-order valence-electron chi connectivity index (χ4n) is 3.33. The fraction of sp³-hybridized carbons (Fsp3) is 0.409. The Balaban J connectivity index is 1.35. The monoisotopic (exact) mass is 383 g/mol. The van der Waals surface area contributed by atoms with Gasteiger partial charge in [0.1, 0.15) is 12.4 Å². The molecular formula is C22H29N3O3. The van der Waals surface area contributed by atoms with Gasteiger partial charge in [-0.2, -0.15) is 0 Å². The van der Waals surface area contributed by atoms with Gasteiger partial charge in [-0.1, -0.05) is 18.2 Å². The molecule has 0 spiro atoms. The molecule has 0 amide bonds. The van der Waals surface area contributed by atoms with E-state index in [9.17, 15) is 9.90 Å². The standard InChI is InChI=1S/C22H29N3O3/c23-16-22(27)18-6-8-21(9-7-18)28-17-20(26)10-11-24-12-14-25(15-13-24)19-4-2-1-3-5-19/h1-9,20,26H,10-17,23H2. The number of aliphatic hydroxyl groups is 1. The third-order valence-electron chi connectivity index (χ3n) is 5.08. The van der Waals surface area contributed by atoms with Crippen molar-refractivity contribution in [2.75, 3.05) is 50.8 Å². The van der Waals surface area contributed by atoms with Gasteiger partial charge in [0.15, 0.2) is 5.78 Å².